The average molecular weight is 387 g/mol. The predicted octanol–water partition coefficient (Wildman–Crippen LogP) is 4.31. The first kappa shape index (κ1) is 18.3. The number of thioether (sulfide) groups is 1. The summed E-state index contributed by atoms with van der Waals surface area (Å²) in [5, 5.41) is 20.2. The van der Waals surface area contributed by atoms with Gasteiger partial charge in [0.25, 0.3) is 0 Å². The fraction of sp³-hybridized carbons (Fsp3) is 0.550. The Kier molecular flexibility index (Phi) is 5.66. The van der Waals surface area contributed by atoms with Gasteiger partial charge in [-0.15, -0.1) is 5.10 Å². The van der Waals surface area contributed by atoms with Crippen LogP contribution in [-0.4, -0.2) is 44.8 Å². The molecule has 2 aliphatic rings. The van der Waals surface area contributed by atoms with Gasteiger partial charge in [0, 0.05) is 24.0 Å². The highest BCUT2D eigenvalue weighted by atomic mass is 32.2. The monoisotopic (exact) mass is 386 g/mol. The largest absolute Gasteiger partial charge is 0.476 e. The maximum atomic E-state index is 11.2. The second-order valence-electron chi connectivity index (χ2n) is 7.53. The summed E-state index contributed by atoms with van der Waals surface area (Å²) in [6, 6.07) is 9.11. The first-order valence-corrected chi connectivity index (χ1v) is 10.7. The fourth-order valence-corrected chi connectivity index (χ4v) is 5.40. The lowest BCUT2D eigenvalue weighted by atomic mass is 9.83. The molecule has 144 valence electrons. The zero-order chi connectivity index (χ0) is 18.6. The molecule has 0 spiro atoms. The van der Waals surface area contributed by atoms with Crippen molar-refractivity contribution in [2.45, 2.75) is 61.1 Å². The Morgan fingerprint density at radius 2 is 1.93 bits per heavy atom. The predicted molar refractivity (Wildman–Crippen MR) is 107 cm³/mol. The number of hydrogen-bond donors (Lipinski definition) is 2. The maximum absolute atomic E-state index is 11.2. The van der Waals surface area contributed by atoms with Gasteiger partial charge in [-0.25, -0.2) is 4.79 Å². The number of rotatable bonds is 5. The first-order chi connectivity index (χ1) is 13.2. The molecule has 0 bridgehead atoms. The lowest BCUT2D eigenvalue weighted by Gasteiger charge is -2.31. The third-order valence-electron chi connectivity index (χ3n) is 5.75. The highest BCUT2D eigenvalue weighted by Crippen LogP contribution is 2.40. The number of H-pyrrole nitrogens is 1. The number of carbonyl (C=O) groups is 1. The van der Waals surface area contributed by atoms with Crippen LogP contribution in [0, 0.1) is 0 Å². The normalized spacial score (nSPS) is 23.3. The van der Waals surface area contributed by atoms with Gasteiger partial charge in [-0.3, -0.25) is 5.10 Å². The lowest BCUT2D eigenvalue weighted by molar-refractivity contribution is 0.0686. The van der Waals surface area contributed by atoms with Gasteiger partial charge in [-0.1, -0.05) is 29.1 Å². The van der Waals surface area contributed by atoms with E-state index in [2.05, 4.69) is 44.6 Å². The van der Waals surface area contributed by atoms with Crippen molar-refractivity contribution < 1.29 is 9.90 Å². The molecule has 6 nitrogen and oxygen atoms in total. The van der Waals surface area contributed by atoms with E-state index in [0.29, 0.717) is 16.2 Å². The SMILES string of the molecule is O=C(O)c1[nH]nnc1SC1CCC(c2cccc(N3CCCCC3)c2)CC1. The summed E-state index contributed by atoms with van der Waals surface area (Å²) in [6.07, 6.45) is 8.39. The zero-order valence-corrected chi connectivity index (χ0v) is 16.2. The molecular weight excluding hydrogens is 360 g/mol. The van der Waals surface area contributed by atoms with E-state index in [9.17, 15) is 9.90 Å². The van der Waals surface area contributed by atoms with Crippen molar-refractivity contribution in [3.63, 3.8) is 0 Å². The molecule has 2 heterocycles. The molecule has 1 aliphatic carbocycles. The van der Waals surface area contributed by atoms with Crippen molar-refractivity contribution in [1.82, 2.24) is 15.4 Å². The lowest BCUT2D eigenvalue weighted by Crippen LogP contribution is -2.29. The summed E-state index contributed by atoms with van der Waals surface area (Å²) in [5.41, 5.74) is 2.93. The van der Waals surface area contributed by atoms with Gasteiger partial charge in [0.15, 0.2) is 10.7 Å². The number of benzene rings is 1. The van der Waals surface area contributed by atoms with E-state index >= 15 is 0 Å². The van der Waals surface area contributed by atoms with Gasteiger partial charge in [0.2, 0.25) is 0 Å². The van der Waals surface area contributed by atoms with Crippen LogP contribution in [-0.2, 0) is 0 Å². The van der Waals surface area contributed by atoms with Crippen LogP contribution in [0.25, 0.3) is 0 Å². The van der Waals surface area contributed by atoms with Crippen LogP contribution in [0.15, 0.2) is 29.3 Å². The van der Waals surface area contributed by atoms with Crippen molar-refractivity contribution in [2.24, 2.45) is 0 Å². The van der Waals surface area contributed by atoms with Crippen LogP contribution >= 0.6 is 11.8 Å². The highest BCUT2D eigenvalue weighted by Gasteiger charge is 2.26. The molecule has 1 saturated heterocycles. The Labute approximate surface area is 163 Å². The second-order valence-corrected chi connectivity index (χ2v) is 8.82. The van der Waals surface area contributed by atoms with E-state index < -0.39 is 5.97 Å². The number of carboxylic acid groups (broad SMARTS) is 1. The summed E-state index contributed by atoms with van der Waals surface area (Å²) < 4.78 is 0. The van der Waals surface area contributed by atoms with Gasteiger partial charge >= 0.3 is 5.97 Å². The van der Waals surface area contributed by atoms with Gasteiger partial charge < -0.3 is 10.0 Å². The standard InChI is InChI=1S/C20H26N4O2S/c25-20(26)18-19(22-23-21-18)27-17-9-7-14(8-10-17)15-5-4-6-16(13-15)24-11-2-1-3-12-24/h4-6,13-14,17H,1-3,7-12H2,(H,25,26)(H,21,22,23). The molecule has 0 atom stereocenters. The molecule has 2 aromatic rings. The number of anilines is 1. The molecule has 1 aromatic carbocycles. The molecule has 27 heavy (non-hydrogen) atoms. The summed E-state index contributed by atoms with van der Waals surface area (Å²) in [6.45, 7) is 2.35. The van der Waals surface area contributed by atoms with Gasteiger partial charge in [-0.05, 0) is 68.6 Å². The topological polar surface area (TPSA) is 82.1 Å². The van der Waals surface area contributed by atoms with Crippen LogP contribution in [0.3, 0.4) is 0 Å². The molecule has 2 N–H and O–H groups in total. The Hall–Kier alpha value is -2.02. The number of aromatic carboxylic acids is 1. The van der Waals surface area contributed by atoms with E-state index in [1.165, 1.54) is 43.6 Å². The number of nitrogens with zero attached hydrogens (tertiary/aromatic N) is 3. The molecule has 0 radical (unpaired) electrons. The number of hydrogen-bond acceptors (Lipinski definition) is 5. The smallest absolute Gasteiger partial charge is 0.356 e. The Morgan fingerprint density at radius 3 is 2.67 bits per heavy atom. The summed E-state index contributed by atoms with van der Waals surface area (Å²) >= 11 is 1.56. The quantitative estimate of drug-likeness (QED) is 0.797. The van der Waals surface area contributed by atoms with E-state index in [0.717, 1.165) is 25.7 Å². The van der Waals surface area contributed by atoms with Crippen LogP contribution < -0.4 is 4.90 Å². The van der Waals surface area contributed by atoms with Crippen molar-refractivity contribution in [1.29, 1.82) is 0 Å². The zero-order valence-electron chi connectivity index (χ0n) is 15.4. The Morgan fingerprint density at radius 1 is 1.15 bits per heavy atom. The van der Waals surface area contributed by atoms with Gasteiger partial charge in [0.05, 0.1) is 0 Å². The summed E-state index contributed by atoms with van der Waals surface area (Å²) in [4.78, 5) is 13.7. The van der Waals surface area contributed by atoms with E-state index in [1.54, 1.807) is 11.8 Å². The highest BCUT2D eigenvalue weighted by molar-refractivity contribution is 7.99. The minimum atomic E-state index is -0.995. The number of aromatic nitrogens is 3. The van der Waals surface area contributed by atoms with Crippen LogP contribution in [0.1, 0.15) is 66.9 Å². The van der Waals surface area contributed by atoms with E-state index in [-0.39, 0.29) is 5.69 Å². The Bertz CT molecular complexity index is 780. The van der Waals surface area contributed by atoms with Crippen LogP contribution in [0.2, 0.25) is 0 Å². The fourth-order valence-electron chi connectivity index (χ4n) is 4.24. The molecule has 1 saturated carbocycles. The molecule has 4 rings (SSSR count). The maximum Gasteiger partial charge on any atom is 0.356 e. The second kappa shape index (κ2) is 8.33. The molecular formula is C20H26N4O2S. The third-order valence-corrected chi connectivity index (χ3v) is 7.06. The van der Waals surface area contributed by atoms with Crippen molar-refractivity contribution in [2.75, 3.05) is 18.0 Å². The van der Waals surface area contributed by atoms with Crippen LogP contribution in [0.5, 0.6) is 0 Å². The van der Waals surface area contributed by atoms with Gasteiger partial charge in [-0.2, -0.15) is 0 Å². The molecule has 0 unspecified atom stereocenters. The number of carboxylic acids is 1. The molecule has 1 aromatic heterocycles. The minimum absolute atomic E-state index is 0.108. The number of aromatic amines is 1. The summed E-state index contributed by atoms with van der Waals surface area (Å²) in [5.74, 6) is -0.395. The number of piperidine rings is 1. The Balaban J connectivity index is 1.36. The molecule has 2 fully saturated rings. The molecule has 7 heteroatoms. The minimum Gasteiger partial charge on any atom is -0.476 e. The molecule has 0 amide bonds. The summed E-state index contributed by atoms with van der Waals surface area (Å²) in [7, 11) is 0. The van der Waals surface area contributed by atoms with Gasteiger partial charge in [0.1, 0.15) is 0 Å². The van der Waals surface area contributed by atoms with Crippen LogP contribution in [0.4, 0.5) is 5.69 Å². The van der Waals surface area contributed by atoms with E-state index in [1.807, 2.05) is 0 Å². The average Bonchev–Trinajstić information content (AvgIpc) is 3.18. The number of nitrogens with one attached hydrogen (secondary N) is 1. The third kappa shape index (κ3) is 4.29. The van der Waals surface area contributed by atoms with Crippen molar-refractivity contribution in [3.05, 3.63) is 35.5 Å². The van der Waals surface area contributed by atoms with Crippen molar-refractivity contribution >= 4 is 23.4 Å². The van der Waals surface area contributed by atoms with E-state index in [4.69, 9.17) is 0 Å². The van der Waals surface area contributed by atoms with Crippen molar-refractivity contribution in [3.8, 4) is 0 Å². The molecule has 1 aliphatic heterocycles. The first-order valence-electron chi connectivity index (χ1n) is 9.86.